The van der Waals surface area contributed by atoms with Gasteiger partial charge in [0.25, 0.3) is 0 Å². The van der Waals surface area contributed by atoms with Crippen LogP contribution in [0, 0.1) is 0 Å². The van der Waals surface area contributed by atoms with E-state index in [0.29, 0.717) is 0 Å². The quantitative estimate of drug-likeness (QED) is 0.622. The third kappa shape index (κ3) is 2.09. The molecule has 15 heavy (non-hydrogen) atoms. The molecule has 1 heterocycles. The number of urea groups is 1. The van der Waals surface area contributed by atoms with Gasteiger partial charge in [0.1, 0.15) is 0 Å². The molecular weight excluding hydrogens is 208 g/mol. The van der Waals surface area contributed by atoms with Gasteiger partial charge in [-0.1, -0.05) is 30.3 Å². The molecule has 0 radical (unpaired) electrons. The van der Waals surface area contributed by atoms with Gasteiger partial charge in [0, 0.05) is 11.3 Å². The van der Waals surface area contributed by atoms with E-state index < -0.39 is 0 Å². The van der Waals surface area contributed by atoms with Crippen LogP contribution < -0.4 is 10.6 Å². The number of thiol groups is 1. The van der Waals surface area contributed by atoms with E-state index in [4.69, 9.17) is 0 Å². The summed E-state index contributed by atoms with van der Waals surface area (Å²) in [6.45, 7) is 1.96. The van der Waals surface area contributed by atoms with Crippen LogP contribution in [0.4, 0.5) is 4.79 Å². The van der Waals surface area contributed by atoms with Crippen molar-refractivity contribution in [2.45, 2.75) is 24.3 Å². The minimum Gasteiger partial charge on any atom is -0.334 e. The van der Waals surface area contributed by atoms with E-state index in [1.54, 1.807) is 0 Å². The Bertz CT molecular complexity index is 355. The van der Waals surface area contributed by atoms with Crippen LogP contribution in [0.5, 0.6) is 0 Å². The molecule has 1 aliphatic heterocycles. The lowest BCUT2D eigenvalue weighted by Crippen LogP contribution is -2.56. The van der Waals surface area contributed by atoms with E-state index in [9.17, 15) is 4.79 Å². The normalized spacial score (nSPS) is 30.5. The van der Waals surface area contributed by atoms with Crippen LogP contribution in [-0.4, -0.2) is 17.3 Å². The van der Waals surface area contributed by atoms with E-state index in [1.165, 1.54) is 0 Å². The van der Waals surface area contributed by atoms with E-state index in [0.717, 1.165) is 5.56 Å². The van der Waals surface area contributed by atoms with Gasteiger partial charge in [-0.3, -0.25) is 0 Å². The first-order valence-electron chi connectivity index (χ1n) is 4.98. The molecule has 0 spiro atoms. The van der Waals surface area contributed by atoms with Crippen molar-refractivity contribution in [3.8, 4) is 0 Å². The molecule has 3 unspecified atom stereocenters. The number of hydrogen-bond acceptors (Lipinski definition) is 2. The molecule has 1 aromatic rings. The second kappa shape index (κ2) is 4.14. The van der Waals surface area contributed by atoms with Crippen LogP contribution in [0.15, 0.2) is 30.3 Å². The molecule has 0 bridgehead atoms. The maximum absolute atomic E-state index is 11.3. The Labute approximate surface area is 94.7 Å². The highest BCUT2D eigenvalue weighted by Crippen LogP contribution is 2.25. The maximum Gasteiger partial charge on any atom is 0.315 e. The number of amides is 2. The van der Waals surface area contributed by atoms with Crippen LogP contribution in [0.2, 0.25) is 0 Å². The molecule has 2 rings (SSSR count). The van der Waals surface area contributed by atoms with Crippen molar-refractivity contribution < 1.29 is 4.79 Å². The molecule has 1 fully saturated rings. The highest BCUT2D eigenvalue weighted by atomic mass is 32.1. The first-order chi connectivity index (χ1) is 7.18. The lowest BCUT2D eigenvalue weighted by atomic mass is 9.98. The molecule has 0 aromatic heterocycles. The van der Waals surface area contributed by atoms with E-state index in [1.807, 2.05) is 37.3 Å². The minimum atomic E-state index is -0.123. The Balaban J connectivity index is 2.24. The zero-order chi connectivity index (χ0) is 10.8. The lowest BCUT2D eigenvalue weighted by molar-refractivity contribution is 0.223. The van der Waals surface area contributed by atoms with Gasteiger partial charge in [-0.25, -0.2) is 4.79 Å². The minimum absolute atomic E-state index is 0.0155. The van der Waals surface area contributed by atoms with Crippen LogP contribution in [0.25, 0.3) is 0 Å². The van der Waals surface area contributed by atoms with Gasteiger partial charge in [-0.15, -0.1) is 0 Å². The van der Waals surface area contributed by atoms with Gasteiger partial charge >= 0.3 is 6.03 Å². The summed E-state index contributed by atoms with van der Waals surface area (Å²) in [5, 5.41) is 5.78. The monoisotopic (exact) mass is 222 g/mol. The predicted molar refractivity (Wildman–Crippen MR) is 63.1 cm³/mol. The molecule has 2 amide bonds. The van der Waals surface area contributed by atoms with Gasteiger partial charge in [0.05, 0.1) is 6.04 Å². The Hall–Kier alpha value is -1.16. The van der Waals surface area contributed by atoms with E-state index in [-0.39, 0.29) is 23.4 Å². The molecule has 3 nitrogen and oxygen atoms in total. The van der Waals surface area contributed by atoms with Gasteiger partial charge < -0.3 is 10.6 Å². The number of nitrogens with one attached hydrogen (secondary N) is 2. The topological polar surface area (TPSA) is 41.1 Å². The molecule has 1 aliphatic rings. The lowest BCUT2D eigenvalue weighted by Gasteiger charge is -2.35. The highest BCUT2D eigenvalue weighted by molar-refractivity contribution is 7.81. The second-order valence-electron chi connectivity index (χ2n) is 3.79. The fraction of sp³-hybridized carbons (Fsp3) is 0.364. The Morgan fingerprint density at radius 2 is 1.87 bits per heavy atom. The van der Waals surface area contributed by atoms with Gasteiger partial charge in [0.15, 0.2) is 0 Å². The molecule has 2 N–H and O–H groups in total. The first-order valence-corrected chi connectivity index (χ1v) is 5.50. The predicted octanol–water partition coefficient (Wildman–Crippen LogP) is 1.73. The van der Waals surface area contributed by atoms with E-state index >= 15 is 0 Å². The van der Waals surface area contributed by atoms with Crippen molar-refractivity contribution in [3.05, 3.63) is 35.9 Å². The van der Waals surface area contributed by atoms with Crippen molar-refractivity contribution in [2.24, 2.45) is 0 Å². The molecule has 0 aliphatic carbocycles. The fourth-order valence-corrected chi connectivity index (χ4v) is 2.11. The summed E-state index contributed by atoms with van der Waals surface area (Å²) in [5.74, 6) is 0. The van der Waals surface area contributed by atoms with Gasteiger partial charge in [0.2, 0.25) is 0 Å². The zero-order valence-electron chi connectivity index (χ0n) is 8.47. The van der Waals surface area contributed by atoms with Crippen molar-refractivity contribution in [2.75, 3.05) is 0 Å². The van der Waals surface area contributed by atoms with Crippen LogP contribution in [0.1, 0.15) is 18.5 Å². The molecule has 0 saturated carbocycles. The Morgan fingerprint density at radius 3 is 2.53 bits per heavy atom. The summed E-state index contributed by atoms with van der Waals surface area (Å²) in [4.78, 5) is 11.3. The van der Waals surface area contributed by atoms with Crippen LogP contribution in [0.3, 0.4) is 0 Å². The maximum atomic E-state index is 11.3. The van der Waals surface area contributed by atoms with Crippen molar-refractivity contribution in [1.82, 2.24) is 10.6 Å². The number of carbonyl (C=O) groups excluding carboxylic acids is 1. The molecule has 1 saturated heterocycles. The van der Waals surface area contributed by atoms with Crippen LogP contribution >= 0.6 is 12.6 Å². The first kappa shape index (κ1) is 10.4. The summed E-state index contributed by atoms with van der Waals surface area (Å²) in [7, 11) is 0. The molecule has 80 valence electrons. The summed E-state index contributed by atoms with van der Waals surface area (Å²) >= 11 is 4.53. The van der Waals surface area contributed by atoms with Gasteiger partial charge in [-0.2, -0.15) is 12.6 Å². The Morgan fingerprint density at radius 1 is 1.20 bits per heavy atom. The largest absolute Gasteiger partial charge is 0.334 e. The number of carbonyl (C=O) groups is 1. The number of rotatable bonds is 1. The molecule has 3 atom stereocenters. The third-order valence-electron chi connectivity index (χ3n) is 2.66. The smallest absolute Gasteiger partial charge is 0.315 e. The van der Waals surface area contributed by atoms with Gasteiger partial charge in [-0.05, 0) is 12.5 Å². The molecule has 4 heteroatoms. The number of benzene rings is 1. The van der Waals surface area contributed by atoms with E-state index in [2.05, 4.69) is 23.3 Å². The average Bonchev–Trinajstić information content (AvgIpc) is 2.24. The third-order valence-corrected chi connectivity index (χ3v) is 3.40. The van der Waals surface area contributed by atoms with Crippen molar-refractivity contribution >= 4 is 18.7 Å². The zero-order valence-corrected chi connectivity index (χ0v) is 9.37. The summed E-state index contributed by atoms with van der Waals surface area (Å²) in [6.07, 6.45) is 0. The number of hydrogen-bond donors (Lipinski definition) is 3. The summed E-state index contributed by atoms with van der Waals surface area (Å²) in [6, 6.07) is 9.85. The van der Waals surface area contributed by atoms with Crippen molar-refractivity contribution in [1.29, 1.82) is 0 Å². The highest BCUT2D eigenvalue weighted by Gasteiger charge is 2.31. The fourth-order valence-electron chi connectivity index (χ4n) is 1.79. The average molecular weight is 222 g/mol. The SMILES string of the molecule is CC1NC(=O)NC(c2ccccc2)C1S. The Kier molecular flexibility index (Phi) is 2.86. The summed E-state index contributed by atoms with van der Waals surface area (Å²) in [5.41, 5.74) is 1.10. The molecule has 1 aromatic carbocycles. The van der Waals surface area contributed by atoms with Crippen molar-refractivity contribution in [3.63, 3.8) is 0 Å². The standard InChI is InChI=1S/C11H14N2OS/c1-7-10(15)9(13-11(14)12-7)8-5-3-2-4-6-8/h2-7,9-10,15H,1H3,(H2,12,13,14). The van der Waals surface area contributed by atoms with Crippen LogP contribution in [-0.2, 0) is 0 Å². The molecular formula is C11H14N2OS. The summed E-state index contributed by atoms with van der Waals surface area (Å²) < 4.78 is 0. The second-order valence-corrected chi connectivity index (χ2v) is 4.38.